The maximum atomic E-state index is 13.6. The number of benzene rings is 2. The molecule has 0 atom stereocenters. The molecule has 0 saturated carbocycles. The SMILES string of the molecule is Cc1cc(N)cc(C)c1S(=O)(=O)Nc1ccccc1F. The summed E-state index contributed by atoms with van der Waals surface area (Å²) in [6.07, 6.45) is 0. The molecule has 4 nitrogen and oxygen atoms in total. The molecule has 106 valence electrons. The van der Waals surface area contributed by atoms with Crippen molar-refractivity contribution < 1.29 is 12.8 Å². The zero-order valence-corrected chi connectivity index (χ0v) is 12.0. The third kappa shape index (κ3) is 2.75. The number of nitrogen functional groups attached to an aromatic ring is 1. The van der Waals surface area contributed by atoms with Gasteiger partial charge in [-0.25, -0.2) is 12.8 Å². The number of hydrogen-bond donors (Lipinski definition) is 2. The van der Waals surface area contributed by atoms with Gasteiger partial charge in [0.2, 0.25) is 0 Å². The average molecular weight is 294 g/mol. The number of aryl methyl sites for hydroxylation is 2. The molecule has 6 heteroatoms. The summed E-state index contributed by atoms with van der Waals surface area (Å²) in [7, 11) is -3.86. The minimum atomic E-state index is -3.86. The monoisotopic (exact) mass is 294 g/mol. The predicted molar refractivity (Wildman–Crippen MR) is 77.5 cm³/mol. The minimum absolute atomic E-state index is 0.0804. The number of rotatable bonds is 3. The van der Waals surface area contributed by atoms with Gasteiger partial charge in [-0.15, -0.1) is 0 Å². The summed E-state index contributed by atoms with van der Waals surface area (Å²) < 4.78 is 40.6. The van der Waals surface area contributed by atoms with Crippen LogP contribution in [0.5, 0.6) is 0 Å². The summed E-state index contributed by atoms with van der Waals surface area (Å²) in [5, 5.41) is 0. The van der Waals surface area contributed by atoms with E-state index in [1.54, 1.807) is 32.0 Å². The van der Waals surface area contributed by atoms with Crippen molar-refractivity contribution in [2.75, 3.05) is 10.5 Å². The van der Waals surface area contributed by atoms with Gasteiger partial charge in [-0.3, -0.25) is 4.72 Å². The Morgan fingerprint density at radius 3 is 2.20 bits per heavy atom. The fourth-order valence-electron chi connectivity index (χ4n) is 2.15. The molecule has 0 aliphatic heterocycles. The van der Waals surface area contributed by atoms with E-state index in [1.807, 2.05) is 0 Å². The van der Waals surface area contributed by atoms with E-state index >= 15 is 0 Å². The molecule has 0 saturated heterocycles. The summed E-state index contributed by atoms with van der Waals surface area (Å²) in [4.78, 5) is 0.120. The number of anilines is 2. The van der Waals surface area contributed by atoms with E-state index in [9.17, 15) is 12.8 Å². The van der Waals surface area contributed by atoms with Crippen molar-refractivity contribution in [2.24, 2.45) is 0 Å². The molecular formula is C14H15FN2O2S. The van der Waals surface area contributed by atoms with Crippen LogP contribution in [0.15, 0.2) is 41.3 Å². The Kier molecular flexibility index (Phi) is 3.67. The van der Waals surface area contributed by atoms with E-state index in [0.29, 0.717) is 16.8 Å². The molecule has 0 fully saturated rings. The van der Waals surface area contributed by atoms with Crippen molar-refractivity contribution in [3.63, 3.8) is 0 Å². The summed E-state index contributed by atoms with van der Waals surface area (Å²) in [6, 6.07) is 8.76. The number of sulfonamides is 1. The maximum absolute atomic E-state index is 13.6. The Morgan fingerprint density at radius 1 is 1.10 bits per heavy atom. The zero-order valence-electron chi connectivity index (χ0n) is 11.1. The zero-order chi connectivity index (χ0) is 14.9. The molecular weight excluding hydrogens is 279 g/mol. The first-order valence-corrected chi connectivity index (χ1v) is 7.43. The standard InChI is InChI=1S/C14H15FN2O2S/c1-9-7-11(16)8-10(2)14(9)20(18,19)17-13-6-4-3-5-12(13)15/h3-8,17H,16H2,1-2H3. The van der Waals surface area contributed by atoms with Gasteiger partial charge in [0, 0.05) is 5.69 Å². The molecule has 3 N–H and O–H groups in total. The van der Waals surface area contributed by atoms with Crippen LogP contribution in [0.3, 0.4) is 0 Å². The van der Waals surface area contributed by atoms with Crippen LogP contribution in [0.1, 0.15) is 11.1 Å². The molecule has 0 aliphatic rings. The molecule has 0 bridgehead atoms. The molecule has 2 aromatic rings. The van der Waals surface area contributed by atoms with Gasteiger partial charge in [0.05, 0.1) is 10.6 Å². The van der Waals surface area contributed by atoms with Gasteiger partial charge >= 0.3 is 0 Å². The molecule has 0 radical (unpaired) electrons. The van der Waals surface area contributed by atoms with E-state index in [2.05, 4.69) is 4.72 Å². The fourth-order valence-corrected chi connectivity index (χ4v) is 3.67. The van der Waals surface area contributed by atoms with E-state index in [1.165, 1.54) is 18.2 Å². The lowest BCUT2D eigenvalue weighted by Gasteiger charge is -2.14. The summed E-state index contributed by atoms with van der Waals surface area (Å²) >= 11 is 0. The van der Waals surface area contributed by atoms with Crippen LogP contribution in [0, 0.1) is 19.7 Å². The van der Waals surface area contributed by atoms with Gasteiger partial charge in [0.25, 0.3) is 10.0 Å². The Balaban J connectivity index is 2.50. The molecule has 20 heavy (non-hydrogen) atoms. The molecule has 0 spiro atoms. The van der Waals surface area contributed by atoms with Crippen LogP contribution in [-0.4, -0.2) is 8.42 Å². The van der Waals surface area contributed by atoms with Crippen molar-refractivity contribution >= 4 is 21.4 Å². The highest BCUT2D eigenvalue weighted by molar-refractivity contribution is 7.92. The second kappa shape index (κ2) is 5.13. The number of hydrogen-bond acceptors (Lipinski definition) is 3. The highest BCUT2D eigenvalue weighted by Gasteiger charge is 2.21. The quantitative estimate of drug-likeness (QED) is 0.855. The first-order chi connectivity index (χ1) is 9.31. The van der Waals surface area contributed by atoms with Crippen molar-refractivity contribution in [3.05, 3.63) is 53.3 Å². The molecule has 0 amide bonds. The van der Waals surface area contributed by atoms with E-state index < -0.39 is 15.8 Å². The van der Waals surface area contributed by atoms with Gasteiger partial charge in [-0.05, 0) is 49.2 Å². The van der Waals surface area contributed by atoms with Gasteiger partial charge in [0.1, 0.15) is 5.82 Å². The predicted octanol–water partition coefficient (Wildman–Crippen LogP) is 2.83. The van der Waals surface area contributed by atoms with E-state index in [-0.39, 0.29) is 10.6 Å². The van der Waals surface area contributed by atoms with Gasteiger partial charge < -0.3 is 5.73 Å². The minimum Gasteiger partial charge on any atom is -0.399 e. The number of nitrogens with one attached hydrogen (secondary N) is 1. The number of halogens is 1. The van der Waals surface area contributed by atoms with Crippen LogP contribution in [-0.2, 0) is 10.0 Å². The Labute approximate surface area is 117 Å². The lowest BCUT2D eigenvalue weighted by atomic mass is 10.1. The molecule has 0 aliphatic carbocycles. The van der Waals surface area contributed by atoms with Gasteiger partial charge in [-0.2, -0.15) is 0 Å². The van der Waals surface area contributed by atoms with Crippen LogP contribution >= 0.6 is 0 Å². The third-order valence-electron chi connectivity index (χ3n) is 2.87. The Bertz CT molecular complexity index is 735. The van der Waals surface area contributed by atoms with Gasteiger partial charge in [-0.1, -0.05) is 12.1 Å². The molecule has 2 rings (SSSR count). The van der Waals surface area contributed by atoms with Crippen molar-refractivity contribution in [1.29, 1.82) is 0 Å². The Hall–Kier alpha value is -2.08. The second-order valence-corrected chi connectivity index (χ2v) is 6.19. The van der Waals surface area contributed by atoms with Crippen molar-refractivity contribution in [1.82, 2.24) is 0 Å². The van der Waals surface area contributed by atoms with Crippen LogP contribution in [0.4, 0.5) is 15.8 Å². The largest absolute Gasteiger partial charge is 0.399 e. The highest BCUT2D eigenvalue weighted by Crippen LogP contribution is 2.26. The number of para-hydroxylation sites is 1. The van der Waals surface area contributed by atoms with Crippen LogP contribution in [0.2, 0.25) is 0 Å². The van der Waals surface area contributed by atoms with Crippen LogP contribution < -0.4 is 10.5 Å². The molecule has 0 unspecified atom stereocenters. The summed E-state index contributed by atoms with van der Waals surface area (Å²) in [5.74, 6) is -0.623. The van der Waals surface area contributed by atoms with E-state index in [0.717, 1.165) is 0 Å². The van der Waals surface area contributed by atoms with E-state index in [4.69, 9.17) is 5.73 Å². The third-order valence-corrected chi connectivity index (χ3v) is 4.54. The normalized spacial score (nSPS) is 11.3. The number of nitrogens with two attached hydrogens (primary N) is 1. The van der Waals surface area contributed by atoms with Crippen LogP contribution in [0.25, 0.3) is 0 Å². The Morgan fingerprint density at radius 2 is 1.65 bits per heavy atom. The lowest BCUT2D eigenvalue weighted by molar-refractivity contribution is 0.597. The highest BCUT2D eigenvalue weighted by atomic mass is 32.2. The van der Waals surface area contributed by atoms with Crippen molar-refractivity contribution in [2.45, 2.75) is 18.7 Å². The summed E-state index contributed by atoms with van der Waals surface area (Å²) in [5.41, 5.74) is 7.12. The smallest absolute Gasteiger partial charge is 0.262 e. The first-order valence-electron chi connectivity index (χ1n) is 5.95. The van der Waals surface area contributed by atoms with Gasteiger partial charge in [0.15, 0.2) is 0 Å². The average Bonchev–Trinajstić information content (AvgIpc) is 2.30. The fraction of sp³-hybridized carbons (Fsp3) is 0.143. The van der Waals surface area contributed by atoms with Crippen molar-refractivity contribution in [3.8, 4) is 0 Å². The second-order valence-electron chi connectivity index (χ2n) is 4.57. The molecule has 2 aromatic carbocycles. The topological polar surface area (TPSA) is 72.2 Å². The molecule has 0 heterocycles. The maximum Gasteiger partial charge on any atom is 0.262 e. The molecule has 0 aromatic heterocycles. The lowest BCUT2D eigenvalue weighted by Crippen LogP contribution is -2.16. The first kappa shape index (κ1) is 14.3. The summed E-state index contributed by atoms with van der Waals surface area (Å²) in [6.45, 7) is 3.30.